The SMILES string of the molecule is CC(C)(O)C(C)(C)N1C(=O)c2cccnc2C1=O. The van der Waals surface area contributed by atoms with Gasteiger partial charge in [0, 0.05) is 6.20 Å². The topological polar surface area (TPSA) is 70.5 Å². The van der Waals surface area contributed by atoms with Crippen LogP contribution in [0.15, 0.2) is 18.3 Å². The molecule has 2 heterocycles. The Morgan fingerprint density at radius 2 is 1.78 bits per heavy atom. The van der Waals surface area contributed by atoms with Gasteiger partial charge in [0.2, 0.25) is 0 Å². The Balaban J connectivity index is 2.53. The summed E-state index contributed by atoms with van der Waals surface area (Å²) in [4.78, 5) is 29.5. The van der Waals surface area contributed by atoms with E-state index in [1.165, 1.54) is 6.20 Å². The van der Waals surface area contributed by atoms with Crippen molar-refractivity contribution in [3.63, 3.8) is 0 Å². The number of aromatic nitrogens is 1. The molecule has 1 aliphatic heterocycles. The Morgan fingerprint density at radius 1 is 1.17 bits per heavy atom. The van der Waals surface area contributed by atoms with Crippen molar-refractivity contribution in [2.24, 2.45) is 0 Å². The highest BCUT2D eigenvalue weighted by Crippen LogP contribution is 2.34. The van der Waals surface area contributed by atoms with E-state index in [9.17, 15) is 14.7 Å². The van der Waals surface area contributed by atoms with Gasteiger partial charge in [0.1, 0.15) is 5.69 Å². The minimum absolute atomic E-state index is 0.153. The van der Waals surface area contributed by atoms with Crippen molar-refractivity contribution in [3.8, 4) is 0 Å². The van der Waals surface area contributed by atoms with E-state index in [4.69, 9.17) is 0 Å². The first kappa shape index (κ1) is 12.7. The molecule has 2 rings (SSSR count). The van der Waals surface area contributed by atoms with Gasteiger partial charge in [0.25, 0.3) is 11.8 Å². The van der Waals surface area contributed by atoms with E-state index in [1.807, 2.05) is 0 Å². The summed E-state index contributed by atoms with van der Waals surface area (Å²) in [5, 5.41) is 10.2. The Labute approximate surface area is 105 Å². The van der Waals surface area contributed by atoms with Gasteiger partial charge in [0.15, 0.2) is 0 Å². The average Bonchev–Trinajstić information content (AvgIpc) is 2.51. The van der Waals surface area contributed by atoms with E-state index >= 15 is 0 Å². The van der Waals surface area contributed by atoms with Crippen LogP contribution < -0.4 is 0 Å². The number of pyridine rings is 1. The quantitative estimate of drug-likeness (QED) is 0.799. The lowest BCUT2D eigenvalue weighted by molar-refractivity contribution is -0.0486. The summed E-state index contributed by atoms with van der Waals surface area (Å²) >= 11 is 0. The summed E-state index contributed by atoms with van der Waals surface area (Å²) in [6, 6.07) is 3.19. The highest BCUT2D eigenvalue weighted by molar-refractivity contribution is 6.20. The summed E-state index contributed by atoms with van der Waals surface area (Å²) in [5.41, 5.74) is -1.78. The second kappa shape index (κ2) is 3.62. The summed E-state index contributed by atoms with van der Waals surface area (Å²) in [5.74, 6) is -0.863. The maximum atomic E-state index is 12.3. The second-order valence-electron chi connectivity index (χ2n) is 5.46. The highest BCUT2D eigenvalue weighted by Gasteiger charge is 2.51. The molecule has 0 aromatic carbocycles. The van der Waals surface area contributed by atoms with Crippen LogP contribution in [0.25, 0.3) is 0 Å². The number of carbonyl (C=O) groups excluding carboxylic acids is 2. The third-order valence-corrected chi connectivity index (χ3v) is 3.70. The van der Waals surface area contributed by atoms with Crippen molar-refractivity contribution in [2.75, 3.05) is 0 Å². The third-order valence-electron chi connectivity index (χ3n) is 3.70. The molecule has 0 unspecified atom stereocenters. The molecule has 0 aliphatic carbocycles. The zero-order chi connectivity index (χ0) is 13.7. The number of hydrogen-bond donors (Lipinski definition) is 1. The first-order chi connectivity index (χ1) is 8.18. The smallest absolute Gasteiger partial charge is 0.280 e. The summed E-state index contributed by atoms with van der Waals surface area (Å²) < 4.78 is 0. The summed E-state index contributed by atoms with van der Waals surface area (Å²) in [6.45, 7) is 6.47. The molecular weight excluding hydrogens is 232 g/mol. The van der Waals surface area contributed by atoms with Gasteiger partial charge in [-0.3, -0.25) is 19.5 Å². The van der Waals surface area contributed by atoms with Crippen molar-refractivity contribution in [1.82, 2.24) is 9.88 Å². The van der Waals surface area contributed by atoms with E-state index in [0.717, 1.165) is 4.90 Å². The fraction of sp³-hybridized carbons (Fsp3) is 0.462. The maximum absolute atomic E-state index is 12.3. The molecule has 18 heavy (non-hydrogen) atoms. The van der Waals surface area contributed by atoms with Crippen molar-refractivity contribution < 1.29 is 14.7 Å². The van der Waals surface area contributed by atoms with E-state index in [-0.39, 0.29) is 5.69 Å². The van der Waals surface area contributed by atoms with Gasteiger partial charge in [0.05, 0.1) is 16.7 Å². The van der Waals surface area contributed by atoms with Crippen molar-refractivity contribution in [3.05, 3.63) is 29.6 Å². The molecule has 0 saturated carbocycles. The lowest BCUT2D eigenvalue weighted by atomic mass is 9.84. The molecule has 5 heteroatoms. The monoisotopic (exact) mass is 248 g/mol. The predicted octanol–water partition coefficient (Wildman–Crippen LogP) is 1.23. The molecule has 0 spiro atoms. The minimum atomic E-state index is -1.21. The van der Waals surface area contributed by atoms with E-state index in [0.29, 0.717) is 5.56 Å². The van der Waals surface area contributed by atoms with E-state index in [1.54, 1.807) is 39.8 Å². The number of hydrogen-bond acceptors (Lipinski definition) is 4. The first-order valence-electron chi connectivity index (χ1n) is 5.74. The number of imide groups is 1. The molecule has 2 amide bonds. The second-order valence-corrected chi connectivity index (χ2v) is 5.46. The molecule has 0 radical (unpaired) electrons. The molecule has 0 bridgehead atoms. The maximum Gasteiger partial charge on any atom is 0.280 e. The number of aliphatic hydroxyl groups is 1. The van der Waals surface area contributed by atoms with Crippen LogP contribution in [-0.2, 0) is 0 Å². The lowest BCUT2D eigenvalue weighted by Gasteiger charge is -2.42. The molecule has 1 aromatic heterocycles. The van der Waals surface area contributed by atoms with Crippen LogP contribution in [0.4, 0.5) is 0 Å². The van der Waals surface area contributed by atoms with Crippen molar-refractivity contribution in [1.29, 1.82) is 0 Å². The third kappa shape index (κ3) is 1.54. The Bertz CT molecular complexity index is 494. The summed E-state index contributed by atoms with van der Waals surface area (Å²) in [7, 11) is 0. The van der Waals surface area contributed by atoms with Gasteiger partial charge in [-0.1, -0.05) is 0 Å². The predicted molar refractivity (Wildman–Crippen MR) is 65.1 cm³/mol. The average molecular weight is 248 g/mol. The van der Waals surface area contributed by atoms with Gasteiger partial charge in [-0.2, -0.15) is 0 Å². The molecule has 1 N–H and O–H groups in total. The standard InChI is InChI=1S/C13H16N2O3/c1-12(2,13(3,4)18)15-10(16)8-6-5-7-14-9(8)11(15)17/h5-7,18H,1-4H3. The molecule has 5 nitrogen and oxygen atoms in total. The fourth-order valence-corrected chi connectivity index (χ4v) is 1.85. The van der Waals surface area contributed by atoms with Crippen LogP contribution in [-0.4, -0.2) is 37.9 Å². The number of rotatable bonds is 2. The molecule has 0 atom stereocenters. The molecule has 1 aromatic rings. The van der Waals surface area contributed by atoms with E-state index in [2.05, 4.69) is 4.98 Å². The number of amides is 2. The Hall–Kier alpha value is -1.75. The summed E-state index contributed by atoms with van der Waals surface area (Å²) in [6.07, 6.45) is 1.48. The van der Waals surface area contributed by atoms with Crippen LogP contribution >= 0.6 is 0 Å². The number of fused-ring (bicyclic) bond motifs is 1. The molecule has 0 fully saturated rings. The van der Waals surface area contributed by atoms with E-state index < -0.39 is 23.0 Å². The minimum Gasteiger partial charge on any atom is -0.388 e. The number of carbonyl (C=O) groups is 2. The molecule has 0 saturated heterocycles. The fourth-order valence-electron chi connectivity index (χ4n) is 1.85. The van der Waals surface area contributed by atoms with Crippen LogP contribution in [0.5, 0.6) is 0 Å². The van der Waals surface area contributed by atoms with Crippen LogP contribution in [0, 0.1) is 0 Å². The zero-order valence-electron chi connectivity index (χ0n) is 10.9. The van der Waals surface area contributed by atoms with Crippen molar-refractivity contribution in [2.45, 2.75) is 38.8 Å². The Morgan fingerprint density at radius 3 is 2.28 bits per heavy atom. The molecule has 1 aliphatic rings. The van der Waals surface area contributed by atoms with Gasteiger partial charge in [-0.25, -0.2) is 0 Å². The molecule has 96 valence electrons. The normalized spacial score (nSPS) is 16.2. The van der Waals surface area contributed by atoms with Crippen molar-refractivity contribution >= 4 is 11.8 Å². The number of nitrogens with zero attached hydrogens (tertiary/aromatic N) is 2. The van der Waals surface area contributed by atoms with Gasteiger partial charge >= 0.3 is 0 Å². The highest BCUT2D eigenvalue weighted by atomic mass is 16.3. The first-order valence-corrected chi connectivity index (χ1v) is 5.74. The lowest BCUT2D eigenvalue weighted by Crippen LogP contribution is -2.59. The Kier molecular flexibility index (Phi) is 2.55. The van der Waals surface area contributed by atoms with Gasteiger partial charge in [-0.05, 0) is 39.8 Å². The zero-order valence-corrected chi connectivity index (χ0v) is 10.9. The van der Waals surface area contributed by atoms with Gasteiger partial charge in [-0.15, -0.1) is 0 Å². The molecular formula is C13H16N2O3. The van der Waals surface area contributed by atoms with Gasteiger partial charge < -0.3 is 5.11 Å². The largest absolute Gasteiger partial charge is 0.388 e. The van der Waals surface area contributed by atoms with Crippen LogP contribution in [0.3, 0.4) is 0 Å². The van der Waals surface area contributed by atoms with Crippen LogP contribution in [0.2, 0.25) is 0 Å². The van der Waals surface area contributed by atoms with Crippen LogP contribution in [0.1, 0.15) is 48.5 Å².